The summed E-state index contributed by atoms with van der Waals surface area (Å²) in [6.07, 6.45) is 4.18. The largest absolute Gasteiger partial charge is 0.399 e. The number of nitrogens with zero attached hydrogens (tertiary/aromatic N) is 2. The lowest BCUT2D eigenvalue weighted by Crippen LogP contribution is -2.58. The van der Waals surface area contributed by atoms with E-state index in [1.54, 1.807) is 0 Å². The lowest BCUT2D eigenvalue weighted by Gasteiger charge is -2.51. The number of nitrogen functional groups attached to an aromatic ring is 1. The van der Waals surface area contributed by atoms with Crippen molar-refractivity contribution in [3.63, 3.8) is 0 Å². The minimum Gasteiger partial charge on any atom is -0.399 e. The summed E-state index contributed by atoms with van der Waals surface area (Å²) in [5.74, 6) is 0. The molecule has 0 bridgehead atoms. The molecule has 0 radical (unpaired) electrons. The number of piperazine rings is 1. The van der Waals surface area contributed by atoms with Crippen molar-refractivity contribution in [1.29, 1.82) is 0 Å². The maximum Gasteiger partial charge on any atom is 0.0368 e. The molecule has 0 unspecified atom stereocenters. The van der Waals surface area contributed by atoms with E-state index in [4.69, 9.17) is 5.73 Å². The normalized spacial score (nSPS) is 23.7. The van der Waals surface area contributed by atoms with Crippen LogP contribution in [0.25, 0.3) is 0 Å². The van der Waals surface area contributed by atoms with Crippen molar-refractivity contribution in [1.82, 2.24) is 4.90 Å². The zero-order valence-electron chi connectivity index (χ0n) is 11.2. The van der Waals surface area contributed by atoms with Crippen LogP contribution in [0.1, 0.15) is 26.2 Å². The van der Waals surface area contributed by atoms with E-state index in [-0.39, 0.29) is 0 Å². The summed E-state index contributed by atoms with van der Waals surface area (Å²) in [6, 6.07) is 8.26. The molecule has 18 heavy (non-hydrogen) atoms. The molecule has 1 saturated carbocycles. The van der Waals surface area contributed by atoms with Crippen LogP contribution in [-0.2, 0) is 0 Å². The molecule has 3 heteroatoms. The second kappa shape index (κ2) is 4.47. The molecule has 0 amide bonds. The fourth-order valence-corrected chi connectivity index (χ4v) is 3.19. The molecule has 1 aliphatic carbocycles. The van der Waals surface area contributed by atoms with Gasteiger partial charge in [0, 0.05) is 43.1 Å². The Morgan fingerprint density at radius 1 is 1.00 bits per heavy atom. The van der Waals surface area contributed by atoms with Gasteiger partial charge in [0.25, 0.3) is 0 Å². The molecule has 3 nitrogen and oxygen atoms in total. The second-order valence-electron chi connectivity index (χ2n) is 5.92. The fraction of sp³-hybridized carbons (Fsp3) is 0.600. The van der Waals surface area contributed by atoms with Crippen LogP contribution < -0.4 is 10.6 Å². The Labute approximate surface area is 110 Å². The Bertz CT molecular complexity index is 400. The summed E-state index contributed by atoms with van der Waals surface area (Å²) in [7, 11) is 0. The van der Waals surface area contributed by atoms with Crippen molar-refractivity contribution in [3.05, 3.63) is 24.3 Å². The van der Waals surface area contributed by atoms with Crippen molar-refractivity contribution in [3.8, 4) is 0 Å². The van der Waals surface area contributed by atoms with Gasteiger partial charge >= 0.3 is 0 Å². The van der Waals surface area contributed by atoms with Crippen molar-refractivity contribution in [2.75, 3.05) is 36.8 Å². The van der Waals surface area contributed by atoms with Crippen LogP contribution >= 0.6 is 0 Å². The van der Waals surface area contributed by atoms with E-state index in [0.29, 0.717) is 5.54 Å². The lowest BCUT2D eigenvalue weighted by molar-refractivity contribution is 0.0279. The van der Waals surface area contributed by atoms with Crippen LogP contribution in [0.4, 0.5) is 11.4 Å². The summed E-state index contributed by atoms with van der Waals surface area (Å²) >= 11 is 0. The highest BCUT2D eigenvalue weighted by Gasteiger charge is 2.38. The SMILES string of the molecule is CC1(N2CCN(c3ccc(N)cc3)CC2)CCC1. The van der Waals surface area contributed by atoms with Crippen molar-refractivity contribution in [2.24, 2.45) is 0 Å². The topological polar surface area (TPSA) is 32.5 Å². The third kappa shape index (κ3) is 2.07. The molecule has 0 aromatic heterocycles. The summed E-state index contributed by atoms with van der Waals surface area (Å²) in [5.41, 5.74) is 8.40. The molecule has 1 aromatic rings. The lowest BCUT2D eigenvalue weighted by atomic mass is 9.76. The Morgan fingerprint density at radius 2 is 1.61 bits per heavy atom. The summed E-state index contributed by atoms with van der Waals surface area (Å²) in [6.45, 7) is 7.09. The average Bonchev–Trinajstić information content (AvgIpc) is 2.37. The predicted octanol–water partition coefficient (Wildman–Crippen LogP) is 2.33. The summed E-state index contributed by atoms with van der Waals surface area (Å²) in [5, 5.41) is 0. The molecule has 1 heterocycles. The minimum atomic E-state index is 0.507. The third-order valence-corrected chi connectivity index (χ3v) is 4.73. The Balaban J connectivity index is 1.61. The molecule has 1 saturated heterocycles. The number of rotatable bonds is 2. The highest BCUT2D eigenvalue weighted by atomic mass is 15.3. The van der Waals surface area contributed by atoms with E-state index in [2.05, 4.69) is 28.9 Å². The fourth-order valence-electron chi connectivity index (χ4n) is 3.19. The van der Waals surface area contributed by atoms with Crippen molar-refractivity contribution in [2.45, 2.75) is 31.7 Å². The molecule has 98 valence electrons. The number of nitrogens with two attached hydrogens (primary N) is 1. The smallest absolute Gasteiger partial charge is 0.0368 e. The van der Waals surface area contributed by atoms with Gasteiger partial charge in [0.15, 0.2) is 0 Å². The molecule has 3 rings (SSSR count). The molecule has 2 aliphatic rings. The van der Waals surface area contributed by atoms with Crippen LogP contribution in [0, 0.1) is 0 Å². The van der Waals surface area contributed by atoms with Crippen molar-refractivity contribution < 1.29 is 0 Å². The summed E-state index contributed by atoms with van der Waals surface area (Å²) < 4.78 is 0. The van der Waals surface area contributed by atoms with Gasteiger partial charge in [-0.15, -0.1) is 0 Å². The molecular weight excluding hydrogens is 222 g/mol. The van der Waals surface area contributed by atoms with Gasteiger partial charge in [0.2, 0.25) is 0 Å². The van der Waals surface area contributed by atoms with Gasteiger partial charge in [-0.2, -0.15) is 0 Å². The maximum atomic E-state index is 5.73. The maximum absolute atomic E-state index is 5.73. The van der Waals surface area contributed by atoms with Gasteiger partial charge in [-0.3, -0.25) is 4.90 Å². The average molecular weight is 245 g/mol. The van der Waals surface area contributed by atoms with Crippen LogP contribution in [0.3, 0.4) is 0 Å². The second-order valence-corrected chi connectivity index (χ2v) is 5.92. The first-order valence-corrected chi connectivity index (χ1v) is 7.03. The zero-order chi connectivity index (χ0) is 12.6. The minimum absolute atomic E-state index is 0.507. The number of anilines is 2. The first kappa shape index (κ1) is 11.8. The standard InChI is InChI=1S/C15H23N3/c1-15(7-2-8-15)18-11-9-17(10-12-18)14-5-3-13(16)4-6-14/h3-6H,2,7-12,16H2,1H3. The molecule has 2 N–H and O–H groups in total. The van der Waals surface area contributed by atoms with Crippen LogP contribution in [0.2, 0.25) is 0 Å². The predicted molar refractivity (Wildman–Crippen MR) is 76.9 cm³/mol. The van der Waals surface area contributed by atoms with E-state index >= 15 is 0 Å². The number of benzene rings is 1. The van der Waals surface area contributed by atoms with Crippen molar-refractivity contribution >= 4 is 11.4 Å². The highest BCUT2D eigenvalue weighted by molar-refractivity contribution is 5.53. The summed E-state index contributed by atoms with van der Waals surface area (Å²) in [4.78, 5) is 5.16. The Morgan fingerprint density at radius 3 is 2.11 bits per heavy atom. The number of hydrogen-bond donors (Lipinski definition) is 1. The number of hydrogen-bond acceptors (Lipinski definition) is 3. The van der Waals surface area contributed by atoms with Gasteiger partial charge in [0.05, 0.1) is 0 Å². The van der Waals surface area contributed by atoms with E-state index in [9.17, 15) is 0 Å². The van der Waals surface area contributed by atoms with Gasteiger partial charge in [-0.05, 0) is 50.5 Å². The molecule has 0 spiro atoms. The van der Waals surface area contributed by atoms with Crippen LogP contribution in [0.5, 0.6) is 0 Å². The Hall–Kier alpha value is -1.22. The third-order valence-electron chi connectivity index (χ3n) is 4.73. The van der Waals surface area contributed by atoms with Crippen LogP contribution in [-0.4, -0.2) is 36.6 Å². The first-order valence-electron chi connectivity index (χ1n) is 7.03. The van der Waals surface area contributed by atoms with E-state index < -0.39 is 0 Å². The van der Waals surface area contributed by atoms with Gasteiger partial charge in [-0.1, -0.05) is 0 Å². The van der Waals surface area contributed by atoms with Gasteiger partial charge in [-0.25, -0.2) is 0 Å². The van der Waals surface area contributed by atoms with Gasteiger partial charge < -0.3 is 10.6 Å². The monoisotopic (exact) mass is 245 g/mol. The van der Waals surface area contributed by atoms with E-state index in [0.717, 1.165) is 18.8 Å². The Kier molecular flexibility index (Phi) is 2.94. The zero-order valence-corrected chi connectivity index (χ0v) is 11.2. The molecule has 2 fully saturated rings. The molecule has 0 atom stereocenters. The molecular formula is C15H23N3. The quantitative estimate of drug-likeness (QED) is 0.812. The van der Waals surface area contributed by atoms with Gasteiger partial charge in [0.1, 0.15) is 0 Å². The first-order chi connectivity index (χ1) is 8.67. The van der Waals surface area contributed by atoms with E-state index in [1.807, 2.05) is 12.1 Å². The van der Waals surface area contributed by atoms with Crippen LogP contribution in [0.15, 0.2) is 24.3 Å². The molecule has 1 aliphatic heterocycles. The molecule has 1 aromatic carbocycles. The van der Waals surface area contributed by atoms with E-state index in [1.165, 1.54) is 38.0 Å². The highest BCUT2D eigenvalue weighted by Crippen LogP contribution is 2.37.